The Morgan fingerprint density at radius 2 is 1.68 bits per heavy atom. The van der Waals surface area contributed by atoms with E-state index in [1.54, 1.807) is 4.90 Å². The van der Waals surface area contributed by atoms with E-state index in [1.807, 2.05) is 16.7 Å². The van der Waals surface area contributed by atoms with Crippen LogP contribution in [-0.4, -0.2) is 64.1 Å². The van der Waals surface area contributed by atoms with Gasteiger partial charge in [0.2, 0.25) is 0 Å². The van der Waals surface area contributed by atoms with Crippen LogP contribution in [0.4, 0.5) is 4.79 Å². The second-order valence-electron chi connectivity index (χ2n) is 5.13. The fourth-order valence-electron chi connectivity index (χ4n) is 2.71. The lowest BCUT2D eigenvalue weighted by molar-refractivity contribution is -0.142. The SMILES string of the molecule is O=C(O)C1CCCCCCN1C(=O)N1CCSCC1. The molecule has 0 aliphatic carbocycles. The van der Waals surface area contributed by atoms with E-state index < -0.39 is 12.0 Å². The molecular formula is C13H22N2O3S. The number of carboxylic acids is 1. The highest BCUT2D eigenvalue weighted by molar-refractivity contribution is 7.99. The minimum Gasteiger partial charge on any atom is -0.480 e. The number of aliphatic carboxylic acids is 1. The fourth-order valence-corrected chi connectivity index (χ4v) is 3.61. The molecule has 19 heavy (non-hydrogen) atoms. The van der Waals surface area contributed by atoms with Gasteiger partial charge in [-0.1, -0.05) is 19.3 Å². The molecule has 108 valence electrons. The van der Waals surface area contributed by atoms with E-state index in [2.05, 4.69) is 0 Å². The number of urea groups is 1. The minimum atomic E-state index is -0.860. The molecule has 2 amide bonds. The number of thioether (sulfide) groups is 1. The van der Waals surface area contributed by atoms with Gasteiger partial charge in [-0.2, -0.15) is 11.8 Å². The lowest BCUT2D eigenvalue weighted by atomic mass is 10.0. The number of likely N-dealkylation sites (tertiary alicyclic amines) is 1. The van der Waals surface area contributed by atoms with Crippen LogP contribution in [0.5, 0.6) is 0 Å². The van der Waals surface area contributed by atoms with Crippen molar-refractivity contribution < 1.29 is 14.7 Å². The van der Waals surface area contributed by atoms with Gasteiger partial charge in [-0.25, -0.2) is 9.59 Å². The van der Waals surface area contributed by atoms with Crippen molar-refractivity contribution in [2.75, 3.05) is 31.1 Å². The van der Waals surface area contributed by atoms with Crippen molar-refractivity contribution >= 4 is 23.8 Å². The number of hydrogen-bond acceptors (Lipinski definition) is 3. The smallest absolute Gasteiger partial charge is 0.326 e. The molecule has 2 aliphatic rings. The molecule has 2 aliphatic heterocycles. The largest absolute Gasteiger partial charge is 0.480 e. The number of rotatable bonds is 1. The maximum Gasteiger partial charge on any atom is 0.326 e. The summed E-state index contributed by atoms with van der Waals surface area (Å²) in [7, 11) is 0. The first-order valence-corrected chi connectivity index (χ1v) is 8.21. The number of carbonyl (C=O) groups is 2. The first-order valence-electron chi connectivity index (χ1n) is 7.06. The number of amides is 2. The Morgan fingerprint density at radius 3 is 2.37 bits per heavy atom. The van der Waals surface area contributed by atoms with Crippen LogP contribution >= 0.6 is 11.8 Å². The molecule has 0 aromatic rings. The van der Waals surface area contributed by atoms with Crippen molar-refractivity contribution in [1.29, 1.82) is 0 Å². The van der Waals surface area contributed by atoms with Crippen LogP contribution in [0.25, 0.3) is 0 Å². The van der Waals surface area contributed by atoms with Gasteiger partial charge in [0.25, 0.3) is 0 Å². The minimum absolute atomic E-state index is 0.0744. The van der Waals surface area contributed by atoms with Crippen LogP contribution in [0.1, 0.15) is 32.1 Å². The van der Waals surface area contributed by atoms with E-state index in [0.29, 0.717) is 13.0 Å². The van der Waals surface area contributed by atoms with E-state index in [0.717, 1.165) is 50.3 Å². The Balaban J connectivity index is 2.06. The monoisotopic (exact) mass is 286 g/mol. The van der Waals surface area contributed by atoms with Gasteiger partial charge in [0.1, 0.15) is 6.04 Å². The third-order valence-corrected chi connectivity index (χ3v) is 4.76. The number of hydrogen-bond donors (Lipinski definition) is 1. The summed E-state index contributed by atoms with van der Waals surface area (Å²) in [5.74, 6) is 1.05. The van der Waals surface area contributed by atoms with Crippen molar-refractivity contribution in [3.05, 3.63) is 0 Å². The van der Waals surface area contributed by atoms with Gasteiger partial charge < -0.3 is 14.9 Å². The van der Waals surface area contributed by atoms with Crippen molar-refractivity contribution in [1.82, 2.24) is 9.80 Å². The molecule has 0 radical (unpaired) electrons. The van der Waals surface area contributed by atoms with Gasteiger partial charge in [0.15, 0.2) is 0 Å². The van der Waals surface area contributed by atoms with Crippen LogP contribution in [0, 0.1) is 0 Å². The lowest BCUT2D eigenvalue weighted by Gasteiger charge is -2.36. The van der Waals surface area contributed by atoms with Gasteiger partial charge in [0.05, 0.1) is 0 Å². The molecule has 6 heteroatoms. The van der Waals surface area contributed by atoms with E-state index in [1.165, 1.54) is 0 Å². The first kappa shape index (κ1) is 14.5. The molecule has 0 aromatic heterocycles. The summed E-state index contributed by atoms with van der Waals surface area (Å²) in [4.78, 5) is 27.3. The van der Waals surface area contributed by atoms with Crippen LogP contribution in [0.15, 0.2) is 0 Å². The molecule has 0 saturated carbocycles. The van der Waals surface area contributed by atoms with Crippen LogP contribution in [0.3, 0.4) is 0 Å². The van der Waals surface area contributed by atoms with Crippen LogP contribution < -0.4 is 0 Å². The molecule has 0 bridgehead atoms. The highest BCUT2D eigenvalue weighted by Gasteiger charge is 2.33. The predicted octanol–water partition coefficient (Wildman–Crippen LogP) is 1.87. The molecule has 1 N–H and O–H groups in total. The summed E-state index contributed by atoms with van der Waals surface area (Å²) in [6.45, 7) is 2.07. The number of nitrogens with zero attached hydrogens (tertiary/aromatic N) is 2. The van der Waals surface area contributed by atoms with Crippen molar-refractivity contribution in [3.63, 3.8) is 0 Å². The average Bonchev–Trinajstić information content (AvgIpc) is 2.38. The molecule has 5 nitrogen and oxygen atoms in total. The Bertz CT molecular complexity index is 332. The Labute approximate surface area is 118 Å². The second-order valence-corrected chi connectivity index (χ2v) is 6.36. The molecule has 1 unspecified atom stereocenters. The van der Waals surface area contributed by atoms with E-state index >= 15 is 0 Å². The number of carboxylic acid groups (broad SMARTS) is 1. The zero-order chi connectivity index (χ0) is 13.7. The zero-order valence-electron chi connectivity index (χ0n) is 11.2. The molecular weight excluding hydrogens is 264 g/mol. The van der Waals surface area contributed by atoms with Gasteiger partial charge in [-0.05, 0) is 12.8 Å². The standard InChI is InChI=1S/C13H22N2O3S/c16-12(17)11-5-3-1-2-4-6-15(11)13(18)14-7-9-19-10-8-14/h11H,1-10H2,(H,16,17). The molecule has 1 atom stereocenters. The van der Waals surface area contributed by atoms with Gasteiger partial charge >= 0.3 is 12.0 Å². The molecule has 0 spiro atoms. The highest BCUT2D eigenvalue weighted by atomic mass is 32.2. The molecule has 2 saturated heterocycles. The maximum absolute atomic E-state index is 12.5. The molecule has 2 fully saturated rings. The molecule has 0 aromatic carbocycles. The molecule has 2 rings (SSSR count). The van der Waals surface area contributed by atoms with Crippen molar-refractivity contribution in [2.24, 2.45) is 0 Å². The fraction of sp³-hybridized carbons (Fsp3) is 0.846. The summed E-state index contributed by atoms with van der Waals surface area (Å²) in [5, 5.41) is 9.36. The average molecular weight is 286 g/mol. The summed E-state index contributed by atoms with van der Waals surface area (Å²) in [5.41, 5.74) is 0. The van der Waals surface area contributed by atoms with E-state index in [-0.39, 0.29) is 6.03 Å². The third kappa shape index (κ3) is 3.78. The quantitative estimate of drug-likeness (QED) is 0.799. The summed E-state index contributed by atoms with van der Waals surface area (Å²) < 4.78 is 0. The van der Waals surface area contributed by atoms with Crippen molar-refractivity contribution in [2.45, 2.75) is 38.1 Å². The molecule has 2 heterocycles. The Hall–Kier alpha value is -0.910. The van der Waals surface area contributed by atoms with E-state index in [4.69, 9.17) is 0 Å². The van der Waals surface area contributed by atoms with Crippen molar-refractivity contribution in [3.8, 4) is 0 Å². The number of carbonyl (C=O) groups excluding carboxylic acids is 1. The Morgan fingerprint density at radius 1 is 1.00 bits per heavy atom. The van der Waals surface area contributed by atoms with E-state index in [9.17, 15) is 14.7 Å². The lowest BCUT2D eigenvalue weighted by Crippen LogP contribution is -2.53. The summed E-state index contributed by atoms with van der Waals surface area (Å²) in [6, 6.07) is -0.711. The summed E-state index contributed by atoms with van der Waals surface area (Å²) in [6.07, 6.45) is 4.57. The van der Waals surface area contributed by atoms with Crippen LogP contribution in [-0.2, 0) is 4.79 Å². The van der Waals surface area contributed by atoms with Gasteiger partial charge in [-0.15, -0.1) is 0 Å². The van der Waals surface area contributed by atoms with Gasteiger partial charge in [-0.3, -0.25) is 0 Å². The van der Waals surface area contributed by atoms with Crippen LogP contribution in [0.2, 0.25) is 0 Å². The van der Waals surface area contributed by atoms with Gasteiger partial charge in [0, 0.05) is 31.1 Å². The predicted molar refractivity (Wildman–Crippen MR) is 75.5 cm³/mol. The zero-order valence-corrected chi connectivity index (χ0v) is 12.0. The topological polar surface area (TPSA) is 60.9 Å². The second kappa shape index (κ2) is 7.03. The third-order valence-electron chi connectivity index (χ3n) is 3.82. The Kier molecular flexibility index (Phi) is 5.36. The maximum atomic E-state index is 12.5. The first-order chi connectivity index (χ1) is 9.20. The highest BCUT2D eigenvalue weighted by Crippen LogP contribution is 2.20. The summed E-state index contributed by atoms with van der Waals surface area (Å²) >= 11 is 1.85. The normalized spacial score (nSPS) is 25.6.